The highest BCUT2D eigenvalue weighted by atomic mass is 35.5. The van der Waals surface area contributed by atoms with Gasteiger partial charge in [-0.05, 0) is 25.5 Å². The van der Waals surface area contributed by atoms with Gasteiger partial charge in [0.15, 0.2) is 0 Å². The number of hydrogen-bond donors (Lipinski definition) is 2. The SMILES string of the molecule is Cc1onc(-c2ccccc2Cl)c1C(=O)NCC(C)CN.Cl. The summed E-state index contributed by atoms with van der Waals surface area (Å²) < 4.78 is 5.17. The van der Waals surface area contributed by atoms with E-state index in [0.29, 0.717) is 40.7 Å². The zero-order valence-corrected chi connectivity index (χ0v) is 14.0. The molecule has 0 radical (unpaired) electrons. The van der Waals surface area contributed by atoms with Crippen LogP contribution in [0, 0.1) is 12.8 Å². The Morgan fingerprint density at radius 3 is 2.77 bits per heavy atom. The highest BCUT2D eigenvalue weighted by Gasteiger charge is 2.22. The van der Waals surface area contributed by atoms with Crippen molar-refractivity contribution in [2.75, 3.05) is 13.1 Å². The highest BCUT2D eigenvalue weighted by Crippen LogP contribution is 2.30. The molecule has 1 heterocycles. The summed E-state index contributed by atoms with van der Waals surface area (Å²) in [6, 6.07) is 7.21. The molecule has 0 aliphatic rings. The number of carbonyl (C=O) groups is 1. The number of nitrogens with two attached hydrogens (primary N) is 1. The summed E-state index contributed by atoms with van der Waals surface area (Å²) in [7, 11) is 0. The van der Waals surface area contributed by atoms with Crippen LogP contribution in [0.2, 0.25) is 5.02 Å². The number of benzene rings is 1. The van der Waals surface area contributed by atoms with Crippen molar-refractivity contribution in [3.63, 3.8) is 0 Å². The highest BCUT2D eigenvalue weighted by molar-refractivity contribution is 6.33. The van der Waals surface area contributed by atoms with Crippen LogP contribution in [0.1, 0.15) is 23.0 Å². The maximum absolute atomic E-state index is 12.4. The van der Waals surface area contributed by atoms with E-state index in [1.54, 1.807) is 19.1 Å². The third kappa shape index (κ3) is 4.00. The third-order valence-electron chi connectivity index (χ3n) is 3.23. The Balaban J connectivity index is 0.00000242. The minimum absolute atomic E-state index is 0. The van der Waals surface area contributed by atoms with Crippen LogP contribution in [-0.2, 0) is 0 Å². The summed E-state index contributed by atoms with van der Waals surface area (Å²) in [5.41, 5.74) is 7.09. The van der Waals surface area contributed by atoms with E-state index in [0.717, 1.165) is 0 Å². The van der Waals surface area contributed by atoms with Crippen molar-refractivity contribution >= 4 is 29.9 Å². The van der Waals surface area contributed by atoms with Crippen molar-refractivity contribution in [3.05, 3.63) is 40.6 Å². The maximum atomic E-state index is 12.4. The maximum Gasteiger partial charge on any atom is 0.257 e. The van der Waals surface area contributed by atoms with Gasteiger partial charge in [0, 0.05) is 12.1 Å². The van der Waals surface area contributed by atoms with Crippen LogP contribution in [0.15, 0.2) is 28.8 Å². The second kappa shape index (κ2) is 8.17. The van der Waals surface area contributed by atoms with Gasteiger partial charge in [-0.25, -0.2) is 0 Å². The predicted molar refractivity (Wildman–Crippen MR) is 89.5 cm³/mol. The summed E-state index contributed by atoms with van der Waals surface area (Å²) in [5.74, 6) is 0.435. The molecule has 1 aromatic heterocycles. The number of amides is 1. The number of nitrogens with one attached hydrogen (secondary N) is 1. The third-order valence-corrected chi connectivity index (χ3v) is 3.56. The van der Waals surface area contributed by atoms with Gasteiger partial charge in [-0.3, -0.25) is 4.79 Å². The molecular weight excluding hydrogens is 325 g/mol. The number of halogens is 2. The van der Waals surface area contributed by atoms with Gasteiger partial charge in [0.05, 0.1) is 5.02 Å². The first-order valence-electron chi connectivity index (χ1n) is 6.74. The van der Waals surface area contributed by atoms with E-state index in [1.807, 2.05) is 19.1 Å². The largest absolute Gasteiger partial charge is 0.360 e. The lowest BCUT2D eigenvalue weighted by Gasteiger charge is -2.10. The topological polar surface area (TPSA) is 81.2 Å². The fourth-order valence-electron chi connectivity index (χ4n) is 1.92. The number of nitrogens with zero attached hydrogens (tertiary/aromatic N) is 1. The summed E-state index contributed by atoms with van der Waals surface area (Å²) in [4.78, 5) is 12.4. The zero-order chi connectivity index (χ0) is 15.4. The van der Waals surface area contributed by atoms with Crippen molar-refractivity contribution in [1.82, 2.24) is 10.5 Å². The van der Waals surface area contributed by atoms with E-state index in [1.165, 1.54) is 0 Å². The molecule has 1 amide bonds. The van der Waals surface area contributed by atoms with Gasteiger partial charge in [0.2, 0.25) is 0 Å². The van der Waals surface area contributed by atoms with Crippen molar-refractivity contribution in [2.45, 2.75) is 13.8 Å². The molecule has 0 aliphatic carbocycles. The summed E-state index contributed by atoms with van der Waals surface area (Å²) >= 11 is 6.16. The van der Waals surface area contributed by atoms with Crippen LogP contribution >= 0.6 is 24.0 Å². The fourth-order valence-corrected chi connectivity index (χ4v) is 2.14. The molecule has 22 heavy (non-hydrogen) atoms. The van der Waals surface area contributed by atoms with Gasteiger partial charge in [0.1, 0.15) is 17.0 Å². The van der Waals surface area contributed by atoms with Crippen LogP contribution in [0.5, 0.6) is 0 Å². The molecule has 0 saturated heterocycles. The molecule has 0 spiro atoms. The smallest absolute Gasteiger partial charge is 0.257 e. The molecule has 5 nitrogen and oxygen atoms in total. The van der Waals surface area contributed by atoms with Gasteiger partial charge in [0.25, 0.3) is 5.91 Å². The first-order valence-corrected chi connectivity index (χ1v) is 7.11. The van der Waals surface area contributed by atoms with Gasteiger partial charge in [-0.2, -0.15) is 0 Å². The van der Waals surface area contributed by atoms with Gasteiger partial charge in [-0.15, -0.1) is 12.4 Å². The van der Waals surface area contributed by atoms with E-state index >= 15 is 0 Å². The number of aromatic nitrogens is 1. The van der Waals surface area contributed by atoms with E-state index in [-0.39, 0.29) is 24.2 Å². The Morgan fingerprint density at radius 2 is 2.14 bits per heavy atom. The molecule has 2 rings (SSSR count). The van der Waals surface area contributed by atoms with Crippen molar-refractivity contribution in [1.29, 1.82) is 0 Å². The molecule has 0 bridgehead atoms. The van der Waals surface area contributed by atoms with E-state index < -0.39 is 0 Å². The standard InChI is InChI=1S/C15H18ClN3O2.ClH/c1-9(7-17)8-18-15(20)13-10(2)21-19-14(13)11-5-3-4-6-12(11)16;/h3-6,9H,7-8,17H2,1-2H3,(H,18,20);1H. The van der Waals surface area contributed by atoms with E-state index in [4.69, 9.17) is 21.9 Å². The zero-order valence-electron chi connectivity index (χ0n) is 12.4. The first kappa shape index (κ1) is 18.5. The van der Waals surface area contributed by atoms with Crippen molar-refractivity contribution in [2.24, 2.45) is 11.7 Å². The van der Waals surface area contributed by atoms with Gasteiger partial charge >= 0.3 is 0 Å². The molecule has 1 unspecified atom stereocenters. The molecule has 2 aromatic rings. The van der Waals surface area contributed by atoms with Crippen LogP contribution in [0.3, 0.4) is 0 Å². The van der Waals surface area contributed by atoms with Crippen molar-refractivity contribution in [3.8, 4) is 11.3 Å². The molecule has 0 saturated carbocycles. The number of rotatable bonds is 5. The number of hydrogen-bond acceptors (Lipinski definition) is 4. The first-order chi connectivity index (χ1) is 10.0. The summed E-state index contributed by atoms with van der Waals surface area (Å²) in [6.45, 7) is 4.69. The van der Waals surface area contributed by atoms with Crippen LogP contribution in [-0.4, -0.2) is 24.2 Å². The summed E-state index contributed by atoms with van der Waals surface area (Å²) in [5, 5.41) is 7.34. The lowest BCUT2D eigenvalue weighted by molar-refractivity contribution is 0.0947. The van der Waals surface area contributed by atoms with Crippen molar-refractivity contribution < 1.29 is 9.32 Å². The van der Waals surface area contributed by atoms with Crippen LogP contribution < -0.4 is 11.1 Å². The molecule has 1 aromatic carbocycles. The molecule has 0 aliphatic heterocycles. The van der Waals surface area contributed by atoms with E-state index in [9.17, 15) is 4.79 Å². The average Bonchev–Trinajstić information content (AvgIpc) is 2.86. The van der Waals surface area contributed by atoms with E-state index in [2.05, 4.69) is 10.5 Å². The second-order valence-corrected chi connectivity index (χ2v) is 5.40. The summed E-state index contributed by atoms with van der Waals surface area (Å²) in [6.07, 6.45) is 0. The quantitative estimate of drug-likeness (QED) is 0.874. The molecule has 3 N–H and O–H groups in total. The molecule has 7 heteroatoms. The average molecular weight is 344 g/mol. The Hall–Kier alpha value is -1.56. The second-order valence-electron chi connectivity index (χ2n) is 4.99. The monoisotopic (exact) mass is 343 g/mol. The Labute approximate surface area is 140 Å². The Kier molecular flexibility index (Phi) is 6.87. The lowest BCUT2D eigenvalue weighted by Crippen LogP contribution is -2.31. The molecular formula is C15H19Cl2N3O2. The molecule has 0 fully saturated rings. The van der Waals surface area contributed by atoms with Gasteiger partial charge in [-0.1, -0.05) is 41.9 Å². The molecule has 120 valence electrons. The van der Waals surface area contributed by atoms with Crippen LogP contribution in [0.25, 0.3) is 11.3 Å². The normalized spacial score (nSPS) is 11.6. The molecule has 1 atom stereocenters. The van der Waals surface area contributed by atoms with Crippen LogP contribution in [0.4, 0.5) is 0 Å². The number of aryl methyl sites for hydroxylation is 1. The lowest BCUT2D eigenvalue weighted by atomic mass is 10.1. The Morgan fingerprint density at radius 1 is 1.45 bits per heavy atom. The fraction of sp³-hybridized carbons (Fsp3) is 0.333. The van der Waals surface area contributed by atoms with Gasteiger partial charge < -0.3 is 15.6 Å². The minimum atomic E-state index is -0.232. The number of carbonyl (C=O) groups excluding carboxylic acids is 1. The Bertz CT molecular complexity index is 643. The minimum Gasteiger partial charge on any atom is -0.360 e. The predicted octanol–water partition coefficient (Wildman–Crippen LogP) is 3.05.